The number of carbonyl (C=O) groups excluding carboxylic acids is 3. The molecule has 7 nitrogen and oxygen atoms in total. The van der Waals surface area contributed by atoms with Crippen molar-refractivity contribution in [3.05, 3.63) is 58.0 Å². The number of carbonyl (C=O) groups is 3. The van der Waals surface area contributed by atoms with Crippen LogP contribution in [0, 0.1) is 5.82 Å². The van der Waals surface area contributed by atoms with Gasteiger partial charge in [-0.2, -0.15) is 0 Å². The van der Waals surface area contributed by atoms with E-state index in [1.807, 2.05) is 16.3 Å². The normalized spacial score (nSPS) is 20.5. The molecular formula is C22H25FN4O3S. The molecule has 2 aliphatic rings. The Hall–Kier alpha value is -2.78. The number of hydrogen-bond acceptors (Lipinski definition) is 5. The van der Waals surface area contributed by atoms with Crippen LogP contribution in [0.1, 0.15) is 39.3 Å². The van der Waals surface area contributed by atoms with Crippen LogP contribution in [0.5, 0.6) is 0 Å². The number of halogens is 1. The lowest BCUT2D eigenvalue weighted by Gasteiger charge is -2.28. The number of amides is 3. The van der Waals surface area contributed by atoms with E-state index in [0.29, 0.717) is 30.0 Å². The van der Waals surface area contributed by atoms with Crippen molar-refractivity contribution in [2.45, 2.75) is 37.4 Å². The summed E-state index contributed by atoms with van der Waals surface area (Å²) in [5, 5.41) is 4.62. The van der Waals surface area contributed by atoms with Crippen molar-refractivity contribution in [3.8, 4) is 0 Å². The third-order valence-electron chi connectivity index (χ3n) is 5.68. The molecule has 31 heavy (non-hydrogen) atoms. The van der Waals surface area contributed by atoms with Crippen molar-refractivity contribution in [2.24, 2.45) is 5.73 Å². The van der Waals surface area contributed by atoms with Crippen LogP contribution < -0.4 is 11.1 Å². The molecule has 2 unspecified atom stereocenters. The van der Waals surface area contributed by atoms with E-state index >= 15 is 0 Å². The first kappa shape index (κ1) is 21.5. The van der Waals surface area contributed by atoms with Crippen molar-refractivity contribution in [3.63, 3.8) is 0 Å². The molecule has 1 aromatic carbocycles. The molecular weight excluding hydrogens is 419 g/mol. The van der Waals surface area contributed by atoms with Crippen molar-refractivity contribution < 1.29 is 18.8 Å². The van der Waals surface area contributed by atoms with Gasteiger partial charge in [0.15, 0.2) is 0 Å². The summed E-state index contributed by atoms with van der Waals surface area (Å²) < 4.78 is 13.3. The number of rotatable bonds is 7. The largest absolute Gasteiger partial charge is 0.353 e. The van der Waals surface area contributed by atoms with Crippen LogP contribution in [0.2, 0.25) is 0 Å². The first-order valence-corrected chi connectivity index (χ1v) is 11.3. The van der Waals surface area contributed by atoms with Gasteiger partial charge in [0.1, 0.15) is 11.9 Å². The molecule has 1 aliphatic carbocycles. The zero-order chi connectivity index (χ0) is 22.0. The van der Waals surface area contributed by atoms with E-state index in [0.717, 1.165) is 12.8 Å². The van der Waals surface area contributed by atoms with E-state index in [-0.39, 0.29) is 36.3 Å². The first-order chi connectivity index (χ1) is 15.0. The number of nitrogens with one attached hydrogen (secondary N) is 1. The van der Waals surface area contributed by atoms with Crippen LogP contribution in [0.4, 0.5) is 4.39 Å². The van der Waals surface area contributed by atoms with Crippen LogP contribution in [-0.2, 0) is 4.79 Å². The van der Waals surface area contributed by atoms with E-state index in [2.05, 4.69) is 5.32 Å². The zero-order valence-corrected chi connectivity index (χ0v) is 17.8. The van der Waals surface area contributed by atoms with Gasteiger partial charge < -0.3 is 20.9 Å². The van der Waals surface area contributed by atoms with Crippen LogP contribution >= 0.6 is 11.3 Å². The molecule has 9 heteroatoms. The summed E-state index contributed by atoms with van der Waals surface area (Å²) in [5.41, 5.74) is 5.82. The third-order valence-corrected chi connectivity index (χ3v) is 6.54. The molecule has 1 aromatic heterocycles. The van der Waals surface area contributed by atoms with Gasteiger partial charge in [-0.3, -0.25) is 14.4 Å². The quantitative estimate of drug-likeness (QED) is 0.681. The van der Waals surface area contributed by atoms with Gasteiger partial charge in [-0.1, -0.05) is 6.07 Å². The predicted octanol–water partition coefficient (Wildman–Crippen LogP) is 1.85. The van der Waals surface area contributed by atoms with Gasteiger partial charge in [-0.15, -0.1) is 11.3 Å². The Morgan fingerprint density at radius 1 is 1.16 bits per heavy atom. The second kappa shape index (κ2) is 9.15. The topological polar surface area (TPSA) is 95.7 Å². The second-order valence-corrected chi connectivity index (χ2v) is 8.82. The van der Waals surface area contributed by atoms with Crippen molar-refractivity contribution in [2.75, 3.05) is 19.6 Å². The molecule has 2 atom stereocenters. The van der Waals surface area contributed by atoms with E-state index in [1.165, 1.54) is 40.5 Å². The molecule has 0 radical (unpaired) electrons. The minimum Gasteiger partial charge on any atom is -0.353 e. The van der Waals surface area contributed by atoms with Crippen LogP contribution in [-0.4, -0.2) is 65.3 Å². The first-order valence-electron chi connectivity index (χ1n) is 10.4. The summed E-state index contributed by atoms with van der Waals surface area (Å²) in [7, 11) is 0. The molecule has 3 N–H and O–H groups in total. The monoisotopic (exact) mass is 444 g/mol. The lowest BCUT2D eigenvalue weighted by molar-refractivity contribution is -0.124. The molecule has 1 aliphatic heterocycles. The maximum atomic E-state index is 13.3. The van der Waals surface area contributed by atoms with Crippen LogP contribution in [0.15, 0.2) is 41.8 Å². The standard InChI is InChI=1S/C22H25FN4O3S/c23-15-5-3-14(4-6-15)21(29)26-13-17(12-18(26)20(28)25-10-9-24)27(16-7-8-16)22(30)19-2-1-11-31-19/h1-6,11,16-18H,7-10,12-13,24H2,(H,25,28). The lowest BCUT2D eigenvalue weighted by atomic mass is 10.1. The maximum Gasteiger partial charge on any atom is 0.264 e. The van der Waals surface area contributed by atoms with Gasteiger partial charge in [0, 0.05) is 31.2 Å². The highest BCUT2D eigenvalue weighted by molar-refractivity contribution is 7.12. The van der Waals surface area contributed by atoms with Crippen molar-refractivity contribution >= 4 is 29.1 Å². The van der Waals surface area contributed by atoms with E-state index in [4.69, 9.17) is 5.73 Å². The smallest absolute Gasteiger partial charge is 0.264 e. The zero-order valence-electron chi connectivity index (χ0n) is 17.0. The fraction of sp³-hybridized carbons (Fsp3) is 0.409. The third kappa shape index (κ3) is 4.62. The molecule has 1 saturated heterocycles. The Morgan fingerprint density at radius 2 is 1.90 bits per heavy atom. The summed E-state index contributed by atoms with van der Waals surface area (Å²) in [6.07, 6.45) is 2.20. The maximum absolute atomic E-state index is 13.3. The van der Waals surface area contributed by atoms with Gasteiger partial charge in [0.2, 0.25) is 5.91 Å². The Balaban J connectivity index is 1.59. The van der Waals surface area contributed by atoms with Gasteiger partial charge in [0.25, 0.3) is 11.8 Å². The molecule has 4 rings (SSSR count). The molecule has 2 heterocycles. The predicted molar refractivity (Wildman–Crippen MR) is 115 cm³/mol. The fourth-order valence-electron chi connectivity index (χ4n) is 4.07. The highest BCUT2D eigenvalue weighted by Crippen LogP contribution is 2.35. The molecule has 3 amide bonds. The summed E-state index contributed by atoms with van der Waals surface area (Å²) >= 11 is 1.39. The summed E-state index contributed by atoms with van der Waals surface area (Å²) in [6.45, 7) is 0.850. The molecule has 2 aromatic rings. The number of likely N-dealkylation sites (tertiary alicyclic amines) is 1. The summed E-state index contributed by atoms with van der Waals surface area (Å²) in [6, 6.07) is 8.06. The SMILES string of the molecule is NCCNC(=O)C1CC(N(C(=O)c2cccs2)C2CC2)CN1C(=O)c1ccc(F)cc1. The number of thiophene rings is 1. The van der Waals surface area contributed by atoms with Crippen LogP contribution in [0.3, 0.4) is 0 Å². The van der Waals surface area contributed by atoms with Crippen molar-refractivity contribution in [1.82, 2.24) is 15.1 Å². The Bertz CT molecular complexity index is 946. The Labute approximate surface area is 184 Å². The molecule has 1 saturated carbocycles. The highest BCUT2D eigenvalue weighted by Gasteiger charge is 2.47. The van der Waals surface area contributed by atoms with E-state index < -0.39 is 11.9 Å². The Morgan fingerprint density at radius 3 is 2.52 bits per heavy atom. The molecule has 0 spiro atoms. The average molecular weight is 445 g/mol. The number of nitrogens with zero attached hydrogens (tertiary/aromatic N) is 2. The minimum absolute atomic E-state index is 0.0558. The van der Waals surface area contributed by atoms with E-state index in [1.54, 1.807) is 6.07 Å². The van der Waals surface area contributed by atoms with Gasteiger partial charge >= 0.3 is 0 Å². The van der Waals surface area contributed by atoms with Gasteiger partial charge in [-0.05, 0) is 55.0 Å². The average Bonchev–Trinajstić information content (AvgIpc) is 3.27. The van der Waals surface area contributed by atoms with Gasteiger partial charge in [-0.25, -0.2) is 4.39 Å². The molecule has 2 fully saturated rings. The highest BCUT2D eigenvalue weighted by atomic mass is 32.1. The van der Waals surface area contributed by atoms with E-state index in [9.17, 15) is 18.8 Å². The summed E-state index contributed by atoms with van der Waals surface area (Å²) in [4.78, 5) is 43.2. The molecule has 0 bridgehead atoms. The number of hydrogen-bond donors (Lipinski definition) is 2. The van der Waals surface area contributed by atoms with Gasteiger partial charge in [0.05, 0.1) is 10.9 Å². The fourth-order valence-corrected chi connectivity index (χ4v) is 4.74. The number of nitrogens with two attached hydrogens (primary N) is 1. The molecule has 164 valence electrons. The van der Waals surface area contributed by atoms with Crippen molar-refractivity contribution in [1.29, 1.82) is 0 Å². The summed E-state index contributed by atoms with van der Waals surface area (Å²) in [5.74, 6) is -1.13. The minimum atomic E-state index is -0.716. The second-order valence-electron chi connectivity index (χ2n) is 7.87. The van der Waals surface area contributed by atoms with Crippen LogP contribution in [0.25, 0.3) is 0 Å². The Kier molecular flexibility index (Phi) is 6.33. The number of benzene rings is 1. The lowest BCUT2D eigenvalue weighted by Crippen LogP contribution is -2.47.